The van der Waals surface area contributed by atoms with Crippen LogP contribution in [0.3, 0.4) is 0 Å². The van der Waals surface area contributed by atoms with Crippen molar-refractivity contribution in [2.75, 3.05) is 5.73 Å². The Labute approximate surface area is 114 Å². The van der Waals surface area contributed by atoms with E-state index in [1.807, 2.05) is 12.1 Å². The summed E-state index contributed by atoms with van der Waals surface area (Å²) in [6, 6.07) is 7.24. The van der Waals surface area contributed by atoms with Crippen molar-refractivity contribution in [1.29, 1.82) is 0 Å². The summed E-state index contributed by atoms with van der Waals surface area (Å²) in [5.41, 5.74) is 9.25. The quantitative estimate of drug-likeness (QED) is 0.332. The van der Waals surface area contributed by atoms with Crippen LogP contribution in [0.5, 0.6) is 0 Å². The van der Waals surface area contributed by atoms with Crippen molar-refractivity contribution >= 4 is 23.5 Å². The monoisotopic (exact) mass is 275 g/mol. The number of hydrazine groups is 1. The van der Waals surface area contributed by atoms with Crippen LogP contribution >= 0.6 is 11.8 Å². The molecule has 1 heterocycles. The molecule has 2 aromatic rings. The molecule has 1 amide bonds. The number of anilines is 1. The number of benzene rings is 1. The van der Waals surface area contributed by atoms with Crippen LogP contribution in [-0.2, 0) is 5.75 Å². The fourth-order valence-electron chi connectivity index (χ4n) is 1.54. The second-order valence-electron chi connectivity index (χ2n) is 3.67. The van der Waals surface area contributed by atoms with Gasteiger partial charge in [0.2, 0.25) is 0 Å². The Bertz CT molecular complexity index is 590. The molecule has 6 nitrogen and oxygen atoms in total. The van der Waals surface area contributed by atoms with Crippen LogP contribution in [-0.4, -0.2) is 15.9 Å². The molecule has 0 radical (unpaired) electrons. The van der Waals surface area contributed by atoms with Gasteiger partial charge in [0.1, 0.15) is 5.03 Å². The van der Waals surface area contributed by atoms with Gasteiger partial charge in [-0.05, 0) is 11.6 Å². The number of thioether (sulfide) groups is 1. The topological polar surface area (TPSA) is 107 Å². The molecule has 19 heavy (non-hydrogen) atoms. The molecule has 0 bridgehead atoms. The third-order valence-electron chi connectivity index (χ3n) is 2.45. The van der Waals surface area contributed by atoms with Crippen molar-refractivity contribution in [1.82, 2.24) is 15.4 Å². The molecular formula is C12H13N5OS. The lowest BCUT2D eigenvalue weighted by Gasteiger charge is -2.08. The highest BCUT2D eigenvalue weighted by molar-refractivity contribution is 7.98. The molecule has 0 fully saturated rings. The first-order valence-electron chi connectivity index (χ1n) is 5.50. The van der Waals surface area contributed by atoms with Crippen LogP contribution in [0.1, 0.15) is 15.9 Å². The van der Waals surface area contributed by atoms with Gasteiger partial charge in [0.05, 0.1) is 0 Å². The molecule has 0 spiro atoms. The highest BCUT2D eigenvalue weighted by Crippen LogP contribution is 2.25. The molecule has 0 saturated carbocycles. The lowest BCUT2D eigenvalue weighted by Crippen LogP contribution is -2.30. The Hall–Kier alpha value is -2.12. The van der Waals surface area contributed by atoms with Crippen LogP contribution in [0.25, 0.3) is 0 Å². The summed E-state index contributed by atoms with van der Waals surface area (Å²) in [7, 11) is 0. The van der Waals surface area contributed by atoms with E-state index < -0.39 is 0 Å². The van der Waals surface area contributed by atoms with Crippen molar-refractivity contribution < 1.29 is 4.79 Å². The molecule has 98 valence electrons. The van der Waals surface area contributed by atoms with E-state index >= 15 is 0 Å². The number of nitrogens with zero attached hydrogens (tertiary/aromatic N) is 2. The minimum Gasteiger partial charge on any atom is -0.381 e. The summed E-state index contributed by atoms with van der Waals surface area (Å²) >= 11 is 1.42. The first-order chi connectivity index (χ1) is 9.22. The van der Waals surface area contributed by atoms with E-state index in [9.17, 15) is 4.79 Å². The van der Waals surface area contributed by atoms with Gasteiger partial charge < -0.3 is 5.73 Å². The molecule has 1 aromatic heterocycles. The normalized spacial score (nSPS) is 10.2. The van der Waals surface area contributed by atoms with E-state index in [0.29, 0.717) is 22.2 Å². The molecule has 2 rings (SSSR count). The minimum absolute atomic E-state index is 0.316. The Morgan fingerprint density at radius 1 is 1.26 bits per heavy atom. The van der Waals surface area contributed by atoms with Crippen LogP contribution in [0.4, 0.5) is 5.82 Å². The maximum Gasteiger partial charge on any atom is 0.265 e. The molecule has 5 N–H and O–H groups in total. The highest BCUT2D eigenvalue weighted by atomic mass is 32.2. The van der Waals surface area contributed by atoms with Crippen LogP contribution in [0, 0.1) is 0 Å². The standard InChI is InChI=1S/C12H13N5OS/c13-10-12(16-6-5-15-10)19-7-8-3-1-2-4-9(8)11(18)17-14/h1-6H,7,14H2,(H2,13,15)(H,17,18). The van der Waals surface area contributed by atoms with E-state index in [1.165, 1.54) is 18.0 Å². The SMILES string of the molecule is NNC(=O)c1ccccc1CSc1nccnc1N. The second kappa shape index (κ2) is 6.17. The molecule has 0 unspecified atom stereocenters. The molecule has 1 aromatic carbocycles. The van der Waals surface area contributed by atoms with Crippen molar-refractivity contribution in [2.24, 2.45) is 5.84 Å². The van der Waals surface area contributed by atoms with Crippen molar-refractivity contribution in [3.63, 3.8) is 0 Å². The summed E-state index contributed by atoms with van der Waals surface area (Å²) in [6.45, 7) is 0. The third kappa shape index (κ3) is 3.21. The maximum absolute atomic E-state index is 11.6. The van der Waals surface area contributed by atoms with Gasteiger partial charge in [-0.3, -0.25) is 10.2 Å². The number of aromatic nitrogens is 2. The lowest BCUT2D eigenvalue weighted by molar-refractivity contribution is 0.0953. The molecule has 0 aliphatic rings. The van der Waals surface area contributed by atoms with Gasteiger partial charge in [0.25, 0.3) is 5.91 Å². The fraction of sp³-hybridized carbons (Fsp3) is 0.0833. The van der Waals surface area contributed by atoms with Crippen molar-refractivity contribution in [3.05, 3.63) is 47.8 Å². The largest absolute Gasteiger partial charge is 0.381 e. The Morgan fingerprint density at radius 3 is 2.74 bits per heavy atom. The fourth-order valence-corrected chi connectivity index (χ4v) is 2.42. The first kappa shape index (κ1) is 13.3. The average molecular weight is 275 g/mol. The molecular weight excluding hydrogens is 262 g/mol. The van der Waals surface area contributed by atoms with Gasteiger partial charge in [0, 0.05) is 23.7 Å². The van der Waals surface area contributed by atoms with E-state index in [4.69, 9.17) is 11.6 Å². The van der Waals surface area contributed by atoms with Gasteiger partial charge in [-0.1, -0.05) is 30.0 Å². The lowest BCUT2D eigenvalue weighted by atomic mass is 10.1. The zero-order valence-electron chi connectivity index (χ0n) is 10.0. The number of hydrogen-bond donors (Lipinski definition) is 3. The van der Waals surface area contributed by atoms with Gasteiger partial charge in [0.15, 0.2) is 5.82 Å². The Balaban J connectivity index is 2.16. The second-order valence-corrected chi connectivity index (χ2v) is 4.63. The van der Waals surface area contributed by atoms with E-state index in [2.05, 4.69) is 15.4 Å². The van der Waals surface area contributed by atoms with Gasteiger partial charge in [-0.2, -0.15) is 0 Å². The van der Waals surface area contributed by atoms with Crippen LogP contribution in [0.2, 0.25) is 0 Å². The van der Waals surface area contributed by atoms with Crippen molar-refractivity contribution in [2.45, 2.75) is 10.8 Å². The number of carbonyl (C=O) groups is 1. The molecule has 0 atom stereocenters. The number of nitrogens with one attached hydrogen (secondary N) is 1. The predicted molar refractivity (Wildman–Crippen MR) is 74.1 cm³/mol. The van der Waals surface area contributed by atoms with E-state index in [-0.39, 0.29) is 5.91 Å². The molecule has 0 saturated heterocycles. The van der Waals surface area contributed by atoms with Gasteiger partial charge in [-0.25, -0.2) is 15.8 Å². The zero-order chi connectivity index (χ0) is 13.7. The summed E-state index contributed by atoms with van der Waals surface area (Å²) in [4.78, 5) is 19.7. The van der Waals surface area contributed by atoms with E-state index in [1.54, 1.807) is 18.3 Å². The van der Waals surface area contributed by atoms with Crippen molar-refractivity contribution in [3.8, 4) is 0 Å². The molecule has 0 aliphatic heterocycles. The van der Waals surface area contributed by atoms with Gasteiger partial charge in [-0.15, -0.1) is 0 Å². The Kier molecular flexibility index (Phi) is 4.32. The minimum atomic E-state index is -0.316. The number of carbonyl (C=O) groups excluding carboxylic acids is 1. The number of amides is 1. The van der Waals surface area contributed by atoms with Crippen LogP contribution in [0.15, 0.2) is 41.7 Å². The summed E-state index contributed by atoms with van der Waals surface area (Å²) in [6.07, 6.45) is 3.12. The summed E-state index contributed by atoms with van der Waals surface area (Å²) < 4.78 is 0. The maximum atomic E-state index is 11.6. The summed E-state index contributed by atoms with van der Waals surface area (Å²) in [5, 5.41) is 0.644. The average Bonchev–Trinajstić information content (AvgIpc) is 2.46. The third-order valence-corrected chi connectivity index (χ3v) is 3.49. The van der Waals surface area contributed by atoms with E-state index in [0.717, 1.165) is 5.56 Å². The number of hydrogen-bond acceptors (Lipinski definition) is 6. The predicted octanol–water partition coefficient (Wildman–Crippen LogP) is 0.955. The molecule has 7 heteroatoms. The highest BCUT2D eigenvalue weighted by Gasteiger charge is 2.10. The first-order valence-corrected chi connectivity index (χ1v) is 6.49. The molecule has 0 aliphatic carbocycles. The summed E-state index contributed by atoms with van der Waals surface area (Å²) in [5.74, 6) is 5.78. The Morgan fingerprint density at radius 2 is 2.00 bits per heavy atom. The number of nitrogens with two attached hydrogens (primary N) is 2. The van der Waals surface area contributed by atoms with Gasteiger partial charge >= 0.3 is 0 Å². The number of nitrogen functional groups attached to an aromatic ring is 2. The smallest absolute Gasteiger partial charge is 0.265 e. The van der Waals surface area contributed by atoms with Crippen LogP contribution < -0.4 is 17.0 Å². The number of rotatable bonds is 4. The zero-order valence-corrected chi connectivity index (χ0v) is 10.9.